The summed E-state index contributed by atoms with van der Waals surface area (Å²) in [5, 5.41) is 25.1. The second-order valence-electron chi connectivity index (χ2n) is 7.00. The van der Waals surface area contributed by atoms with Crippen molar-refractivity contribution < 1.29 is 14.2 Å². The molecule has 1 atom stereocenters. The molecule has 0 bridgehead atoms. The maximum Gasteiger partial charge on any atom is 0.256 e. The molecule has 0 saturated heterocycles. The van der Waals surface area contributed by atoms with Crippen LogP contribution in [0.3, 0.4) is 0 Å². The van der Waals surface area contributed by atoms with E-state index in [0.29, 0.717) is 42.4 Å². The summed E-state index contributed by atoms with van der Waals surface area (Å²) >= 11 is 1.27. The molecule has 6 nitrogen and oxygen atoms in total. The number of fused-ring (bicyclic) bond motifs is 6. The number of aliphatic hydroxyl groups is 1. The number of halogens is 1. The maximum absolute atomic E-state index is 13.9. The van der Waals surface area contributed by atoms with Crippen LogP contribution >= 0.6 is 11.3 Å². The van der Waals surface area contributed by atoms with Crippen molar-refractivity contribution >= 4 is 43.1 Å². The van der Waals surface area contributed by atoms with Crippen LogP contribution in [0.15, 0.2) is 59.8 Å². The van der Waals surface area contributed by atoms with Gasteiger partial charge in [0.2, 0.25) is 0 Å². The second kappa shape index (κ2) is 6.07. The first-order chi connectivity index (χ1) is 13.9. The van der Waals surface area contributed by atoms with Crippen molar-refractivity contribution in [3.05, 3.63) is 86.9 Å². The summed E-state index contributed by atoms with van der Waals surface area (Å²) in [7, 11) is 0. The van der Waals surface area contributed by atoms with Gasteiger partial charge >= 0.3 is 0 Å². The van der Waals surface area contributed by atoms with E-state index in [1.54, 1.807) is 19.1 Å². The third-order valence-electron chi connectivity index (χ3n) is 5.12. The molecule has 0 aliphatic rings. The highest BCUT2D eigenvalue weighted by Crippen LogP contribution is 2.41. The Bertz CT molecular complexity index is 1470. The fraction of sp³-hybridized carbons (Fsp3) is 0.0952. The standard InChI is InChI=1S/C21H14FN3O3S/c1-21(27,11-5-8-25(28)9-6-11)20-24-17-13-3-2-12(22)10-15(13)16-14(18(17)29-20)4-7-23-19(16)26/h2-10,27H,1H3,(H,23,26). The largest absolute Gasteiger partial charge is 0.619 e. The van der Waals surface area contributed by atoms with E-state index in [9.17, 15) is 19.5 Å². The van der Waals surface area contributed by atoms with Crippen LogP contribution in [0, 0.1) is 11.0 Å². The fourth-order valence-corrected chi connectivity index (χ4v) is 4.80. The Labute approximate surface area is 167 Å². The maximum atomic E-state index is 13.9. The minimum Gasteiger partial charge on any atom is -0.619 e. The highest BCUT2D eigenvalue weighted by molar-refractivity contribution is 7.20. The number of aromatic nitrogens is 3. The number of rotatable bonds is 2. The summed E-state index contributed by atoms with van der Waals surface area (Å²) in [6, 6.07) is 9.08. The highest BCUT2D eigenvalue weighted by Gasteiger charge is 2.31. The van der Waals surface area contributed by atoms with Crippen LogP contribution in [-0.2, 0) is 5.60 Å². The Morgan fingerprint density at radius 2 is 1.93 bits per heavy atom. The molecule has 0 aliphatic carbocycles. The van der Waals surface area contributed by atoms with Crippen molar-refractivity contribution in [3.8, 4) is 0 Å². The molecule has 0 aliphatic heterocycles. The molecule has 2 N–H and O–H groups in total. The minimum absolute atomic E-state index is 0.315. The molecule has 5 aromatic rings. The van der Waals surface area contributed by atoms with Gasteiger partial charge in [0.15, 0.2) is 12.4 Å². The van der Waals surface area contributed by atoms with Gasteiger partial charge in [-0.1, -0.05) is 0 Å². The molecular formula is C21H14FN3O3S. The normalized spacial score (nSPS) is 13.9. The Balaban J connectivity index is 1.89. The van der Waals surface area contributed by atoms with Crippen molar-refractivity contribution in [1.29, 1.82) is 0 Å². The lowest BCUT2D eigenvalue weighted by molar-refractivity contribution is -0.605. The van der Waals surface area contributed by atoms with E-state index in [1.807, 2.05) is 0 Å². The Kier molecular flexibility index (Phi) is 3.71. The van der Waals surface area contributed by atoms with Crippen LogP contribution in [-0.4, -0.2) is 15.1 Å². The summed E-state index contributed by atoms with van der Waals surface area (Å²) in [5.41, 5.74) is -0.656. The number of nitrogens with one attached hydrogen (secondary N) is 1. The number of thiazole rings is 1. The molecule has 0 amide bonds. The van der Waals surface area contributed by atoms with Gasteiger partial charge in [-0.2, -0.15) is 4.73 Å². The summed E-state index contributed by atoms with van der Waals surface area (Å²) in [6.07, 6.45) is 4.16. The van der Waals surface area contributed by atoms with Crippen LogP contribution in [0.2, 0.25) is 0 Å². The second-order valence-corrected chi connectivity index (χ2v) is 8.00. The Morgan fingerprint density at radius 3 is 2.69 bits per heavy atom. The average molecular weight is 407 g/mol. The summed E-state index contributed by atoms with van der Waals surface area (Å²) < 4.78 is 15.3. The smallest absolute Gasteiger partial charge is 0.256 e. The molecule has 8 heteroatoms. The van der Waals surface area contributed by atoms with E-state index in [0.717, 1.165) is 4.70 Å². The summed E-state index contributed by atoms with van der Waals surface area (Å²) in [4.78, 5) is 19.8. The van der Waals surface area contributed by atoms with Crippen LogP contribution in [0.25, 0.3) is 31.8 Å². The van der Waals surface area contributed by atoms with Gasteiger partial charge in [0.1, 0.15) is 16.4 Å². The number of aromatic amines is 1. The number of benzene rings is 2. The Hall–Kier alpha value is -3.36. The zero-order valence-electron chi connectivity index (χ0n) is 15.1. The molecular weight excluding hydrogens is 393 g/mol. The molecule has 0 saturated carbocycles. The van der Waals surface area contributed by atoms with Gasteiger partial charge in [-0.05, 0) is 31.2 Å². The molecule has 5 rings (SSSR count). The van der Waals surface area contributed by atoms with Gasteiger partial charge < -0.3 is 15.3 Å². The van der Waals surface area contributed by atoms with Crippen molar-refractivity contribution in [3.63, 3.8) is 0 Å². The fourth-order valence-electron chi connectivity index (χ4n) is 3.62. The van der Waals surface area contributed by atoms with E-state index in [-0.39, 0.29) is 5.56 Å². The summed E-state index contributed by atoms with van der Waals surface area (Å²) in [6.45, 7) is 1.60. The zero-order valence-corrected chi connectivity index (χ0v) is 16.0. The lowest BCUT2D eigenvalue weighted by Gasteiger charge is -2.20. The predicted molar refractivity (Wildman–Crippen MR) is 109 cm³/mol. The van der Waals surface area contributed by atoms with Crippen molar-refractivity contribution in [2.75, 3.05) is 0 Å². The van der Waals surface area contributed by atoms with E-state index in [1.165, 1.54) is 54.2 Å². The first kappa shape index (κ1) is 17.7. The number of H-pyrrole nitrogens is 1. The van der Waals surface area contributed by atoms with Crippen molar-refractivity contribution in [1.82, 2.24) is 9.97 Å². The van der Waals surface area contributed by atoms with Gasteiger partial charge in [-0.3, -0.25) is 4.79 Å². The monoisotopic (exact) mass is 407 g/mol. The van der Waals surface area contributed by atoms with E-state index >= 15 is 0 Å². The topological polar surface area (TPSA) is 92.9 Å². The first-order valence-corrected chi connectivity index (χ1v) is 9.63. The Morgan fingerprint density at radius 1 is 1.17 bits per heavy atom. The van der Waals surface area contributed by atoms with E-state index in [2.05, 4.69) is 9.97 Å². The number of hydrogen-bond acceptors (Lipinski definition) is 5. The number of pyridine rings is 2. The average Bonchev–Trinajstić information content (AvgIpc) is 3.15. The third kappa shape index (κ3) is 2.60. The molecule has 0 fully saturated rings. The molecule has 1 unspecified atom stereocenters. The molecule has 0 radical (unpaired) electrons. The molecule has 2 aromatic carbocycles. The highest BCUT2D eigenvalue weighted by atomic mass is 32.1. The lowest BCUT2D eigenvalue weighted by atomic mass is 9.98. The van der Waals surface area contributed by atoms with Gasteiger partial charge in [0, 0.05) is 40.1 Å². The van der Waals surface area contributed by atoms with Gasteiger partial charge in [0.25, 0.3) is 5.56 Å². The lowest BCUT2D eigenvalue weighted by Crippen LogP contribution is -2.28. The number of nitrogens with zero attached hydrogens (tertiary/aromatic N) is 2. The van der Waals surface area contributed by atoms with E-state index in [4.69, 9.17) is 0 Å². The van der Waals surface area contributed by atoms with Gasteiger partial charge in [-0.15, -0.1) is 11.3 Å². The molecule has 144 valence electrons. The molecule has 3 aromatic heterocycles. The van der Waals surface area contributed by atoms with Crippen LogP contribution in [0.5, 0.6) is 0 Å². The third-order valence-corrected chi connectivity index (χ3v) is 6.42. The molecule has 0 spiro atoms. The zero-order chi connectivity index (χ0) is 20.3. The molecule has 29 heavy (non-hydrogen) atoms. The number of hydrogen-bond donors (Lipinski definition) is 2. The first-order valence-electron chi connectivity index (χ1n) is 8.81. The van der Waals surface area contributed by atoms with Crippen LogP contribution in [0.1, 0.15) is 17.5 Å². The predicted octanol–water partition coefficient (Wildman–Crippen LogP) is 3.32. The van der Waals surface area contributed by atoms with Gasteiger partial charge in [0.05, 0.1) is 15.6 Å². The quantitative estimate of drug-likeness (QED) is 0.267. The van der Waals surface area contributed by atoms with Gasteiger partial charge in [-0.25, -0.2) is 9.37 Å². The van der Waals surface area contributed by atoms with E-state index < -0.39 is 11.4 Å². The van der Waals surface area contributed by atoms with Crippen molar-refractivity contribution in [2.45, 2.75) is 12.5 Å². The van der Waals surface area contributed by atoms with Crippen molar-refractivity contribution in [2.24, 2.45) is 0 Å². The van der Waals surface area contributed by atoms with Crippen LogP contribution < -0.4 is 10.3 Å². The summed E-state index contributed by atoms with van der Waals surface area (Å²) in [5.74, 6) is -0.445. The van der Waals surface area contributed by atoms with Crippen LogP contribution in [0.4, 0.5) is 4.39 Å². The molecule has 3 heterocycles. The SMILES string of the molecule is CC(O)(c1cc[n+]([O-])cc1)c1nc2c3ccc(F)cc3c3c(=O)[nH]ccc3c2s1. The minimum atomic E-state index is -1.45.